The van der Waals surface area contributed by atoms with E-state index >= 15 is 0 Å². The molecular formula is C22H18ClF4N3O3. The standard InChI is InChI=1S/C22H18ClF4N3O3/c1-12-16(7-8-31)21(33)30(20(28-12)13-3-2-4-15(24)9-13)11-19(32)29-18-6-5-14(23)10-17(18)22(25,26)27/h2-6,9-10,31H,7-8,11H2,1H3,(H,29,32). The summed E-state index contributed by atoms with van der Waals surface area (Å²) in [4.78, 5) is 30.0. The van der Waals surface area contributed by atoms with Gasteiger partial charge in [-0.2, -0.15) is 13.2 Å². The molecule has 0 aliphatic rings. The van der Waals surface area contributed by atoms with E-state index < -0.39 is 41.3 Å². The van der Waals surface area contributed by atoms with Gasteiger partial charge in [0.05, 0.1) is 11.3 Å². The van der Waals surface area contributed by atoms with Crippen LogP contribution in [0.15, 0.2) is 47.3 Å². The molecular weight excluding hydrogens is 466 g/mol. The maximum Gasteiger partial charge on any atom is 0.418 e. The third-order valence-corrected chi connectivity index (χ3v) is 5.01. The Bertz CT molecular complexity index is 1260. The Morgan fingerprint density at radius 2 is 1.94 bits per heavy atom. The van der Waals surface area contributed by atoms with Crippen LogP contribution in [0.1, 0.15) is 16.8 Å². The third kappa shape index (κ3) is 5.58. The zero-order valence-corrected chi connectivity index (χ0v) is 18.0. The molecule has 0 saturated heterocycles. The van der Waals surface area contributed by atoms with Gasteiger partial charge in [-0.1, -0.05) is 23.7 Å². The van der Waals surface area contributed by atoms with Crippen molar-refractivity contribution in [1.29, 1.82) is 0 Å². The van der Waals surface area contributed by atoms with Gasteiger partial charge in [-0.25, -0.2) is 9.37 Å². The summed E-state index contributed by atoms with van der Waals surface area (Å²) in [5.41, 5.74) is -1.74. The monoisotopic (exact) mass is 483 g/mol. The second-order valence-electron chi connectivity index (χ2n) is 7.11. The van der Waals surface area contributed by atoms with Crippen molar-refractivity contribution in [3.05, 3.63) is 80.5 Å². The van der Waals surface area contributed by atoms with E-state index in [4.69, 9.17) is 11.6 Å². The van der Waals surface area contributed by atoms with Gasteiger partial charge in [0.2, 0.25) is 5.91 Å². The number of aliphatic hydroxyl groups excluding tert-OH is 1. The molecule has 0 aliphatic heterocycles. The van der Waals surface area contributed by atoms with Crippen LogP contribution in [0.25, 0.3) is 11.4 Å². The first-order valence-electron chi connectivity index (χ1n) is 9.65. The van der Waals surface area contributed by atoms with Crippen LogP contribution in [0.4, 0.5) is 23.2 Å². The predicted molar refractivity (Wildman–Crippen MR) is 115 cm³/mol. The van der Waals surface area contributed by atoms with Crippen LogP contribution < -0.4 is 10.9 Å². The first-order valence-corrected chi connectivity index (χ1v) is 10.0. The highest BCUT2D eigenvalue weighted by atomic mass is 35.5. The van der Waals surface area contributed by atoms with E-state index in [0.29, 0.717) is 6.07 Å². The Kier molecular flexibility index (Phi) is 7.19. The van der Waals surface area contributed by atoms with Gasteiger partial charge in [-0.15, -0.1) is 0 Å². The molecule has 0 atom stereocenters. The highest BCUT2D eigenvalue weighted by Gasteiger charge is 2.34. The minimum Gasteiger partial charge on any atom is -0.396 e. The summed E-state index contributed by atoms with van der Waals surface area (Å²) in [5.74, 6) is -1.59. The zero-order chi connectivity index (χ0) is 24.3. The second-order valence-corrected chi connectivity index (χ2v) is 7.55. The smallest absolute Gasteiger partial charge is 0.396 e. The largest absolute Gasteiger partial charge is 0.418 e. The lowest BCUT2D eigenvalue weighted by Gasteiger charge is -2.17. The summed E-state index contributed by atoms with van der Waals surface area (Å²) in [6, 6.07) is 8.03. The molecule has 1 amide bonds. The minimum atomic E-state index is -4.78. The number of benzene rings is 2. The number of carbonyl (C=O) groups is 1. The molecule has 0 radical (unpaired) electrons. The van der Waals surface area contributed by atoms with Crippen LogP contribution in [0.3, 0.4) is 0 Å². The van der Waals surface area contributed by atoms with E-state index in [-0.39, 0.29) is 40.7 Å². The molecule has 1 aromatic heterocycles. The number of rotatable bonds is 6. The number of amides is 1. The Morgan fingerprint density at radius 1 is 1.21 bits per heavy atom. The van der Waals surface area contributed by atoms with Crippen molar-refractivity contribution >= 4 is 23.2 Å². The van der Waals surface area contributed by atoms with Gasteiger partial charge >= 0.3 is 6.18 Å². The number of aliphatic hydroxyl groups is 1. The van der Waals surface area contributed by atoms with Crippen LogP contribution in [0.5, 0.6) is 0 Å². The molecule has 2 N–H and O–H groups in total. The second kappa shape index (κ2) is 9.72. The first-order chi connectivity index (χ1) is 15.5. The number of nitrogens with zero attached hydrogens (tertiary/aromatic N) is 2. The van der Waals surface area contributed by atoms with Crippen LogP contribution in [-0.2, 0) is 23.9 Å². The number of alkyl halides is 3. The van der Waals surface area contributed by atoms with Gasteiger partial charge < -0.3 is 10.4 Å². The van der Waals surface area contributed by atoms with Crippen molar-refractivity contribution in [3.63, 3.8) is 0 Å². The highest BCUT2D eigenvalue weighted by molar-refractivity contribution is 6.30. The topological polar surface area (TPSA) is 84.2 Å². The Balaban J connectivity index is 2.05. The molecule has 3 rings (SSSR count). The number of hydrogen-bond acceptors (Lipinski definition) is 4. The lowest BCUT2D eigenvalue weighted by Crippen LogP contribution is -2.33. The third-order valence-electron chi connectivity index (χ3n) is 4.78. The molecule has 3 aromatic rings. The SMILES string of the molecule is Cc1nc(-c2cccc(F)c2)n(CC(=O)Nc2ccc(Cl)cc2C(F)(F)F)c(=O)c1CCO. The number of carbonyl (C=O) groups excluding carboxylic acids is 1. The molecule has 0 spiro atoms. The van der Waals surface area contributed by atoms with Crippen molar-refractivity contribution in [2.75, 3.05) is 11.9 Å². The maximum absolute atomic E-state index is 13.8. The van der Waals surface area contributed by atoms with Crippen LogP contribution >= 0.6 is 11.6 Å². The van der Waals surface area contributed by atoms with Crippen molar-refractivity contribution in [2.24, 2.45) is 0 Å². The molecule has 2 aromatic carbocycles. The Hall–Kier alpha value is -3.24. The van der Waals surface area contributed by atoms with Crippen molar-refractivity contribution in [1.82, 2.24) is 9.55 Å². The number of aryl methyl sites for hydroxylation is 1. The summed E-state index contributed by atoms with van der Waals surface area (Å²) in [7, 11) is 0. The van der Waals surface area contributed by atoms with E-state index in [1.54, 1.807) is 0 Å². The number of nitrogens with one attached hydrogen (secondary N) is 1. The average Bonchev–Trinajstić information content (AvgIpc) is 2.73. The molecule has 0 unspecified atom stereocenters. The van der Waals surface area contributed by atoms with Gasteiger partial charge in [0.1, 0.15) is 18.2 Å². The van der Waals surface area contributed by atoms with Crippen LogP contribution in [0.2, 0.25) is 5.02 Å². The van der Waals surface area contributed by atoms with Crippen molar-refractivity contribution < 1.29 is 27.5 Å². The van der Waals surface area contributed by atoms with Gasteiger partial charge in [0.15, 0.2) is 0 Å². The van der Waals surface area contributed by atoms with Gasteiger partial charge in [-0.3, -0.25) is 14.2 Å². The fourth-order valence-electron chi connectivity index (χ4n) is 3.29. The Labute approximate surface area is 190 Å². The maximum atomic E-state index is 13.8. The summed E-state index contributed by atoms with van der Waals surface area (Å²) in [6.07, 6.45) is -4.82. The number of halogens is 5. The molecule has 174 valence electrons. The summed E-state index contributed by atoms with van der Waals surface area (Å²) >= 11 is 5.66. The van der Waals surface area contributed by atoms with Gasteiger partial charge in [0, 0.05) is 34.9 Å². The van der Waals surface area contributed by atoms with E-state index in [2.05, 4.69) is 10.3 Å². The normalized spacial score (nSPS) is 11.5. The van der Waals surface area contributed by atoms with Crippen molar-refractivity contribution in [2.45, 2.75) is 26.1 Å². The number of hydrogen-bond donors (Lipinski definition) is 2. The van der Waals surface area contributed by atoms with E-state index in [1.165, 1.54) is 31.2 Å². The summed E-state index contributed by atoms with van der Waals surface area (Å²) < 4.78 is 54.7. The molecule has 11 heteroatoms. The number of aromatic nitrogens is 2. The number of anilines is 1. The zero-order valence-electron chi connectivity index (χ0n) is 17.2. The van der Waals surface area contributed by atoms with Gasteiger partial charge in [0.25, 0.3) is 5.56 Å². The molecule has 6 nitrogen and oxygen atoms in total. The molecule has 0 bridgehead atoms. The molecule has 0 saturated carbocycles. The predicted octanol–water partition coefficient (Wildman–Crippen LogP) is 4.20. The van der Waals surface area contributed by atoms with Crippen LogP contribution in [-0.4, -0.2) is 27.2 Å². The molecule has 1 heterocycles. The van der Waals surface area contributed by atoms with Crippen LogP contribution in [0, 0.1) is 12.7 Å². The Morgan fingerprint density at radius 3 is 2.58 bits per heavy atom. The average molecular weight is 484 g/mol. The van der Waals surface area contributed by atoms with Crippen molar-refractivity contribution in [3.8, 4) is 11.4 Å². The van der Waals surface area contributed by atoms with Gasteiger partial charge in [-0.05, 0) is 37.3 Å². The first kappa shape index (κ1) is 24.4. The fraction of sp³-hybridized carbons (Fsp3) is 0.227. The highest BCUT2D eigenvalue weighted by Crippen LogP contribution is 2.36. The molecule has 0 aliphatic carbocycles. The lowest BCUT2D eigenvalue weighted by molar-refractivity contribution is -0.137. The fourth-order valence-corrected chi connectivity index (χ4v) is 3.46. The quantitative estimate of drug-likeness (QED) is 0.515. The van der Waals surface area contributed by atoms with E-state index in [9.17, 15) is 32.3 Å². The summed E-state index contributed by atoms with van der Waals surface area (Å²) in [6.45, 7) is 0.474. The van der Waals surface area contributed by atoms with E-state index in [1.807, 2.05) is 0 Å². The molecule has 33 heavy (non-hydrogen) atoms. The van der Waals surface area contributed by atoms with E-state index in [0.717, 1.165) is 16.7 Å². The summed E-state index contributed by atoms with van der Waals surface area (Å²) in [5, 5.41) is 11.2. The molecule has 0 fully saturated rings. The lowest BCUT2D eigenvalue weighted by atomic mass is 10.1. The minimum absolute atomic E-state index is 0.0407.